The average molecular weight is 157 g/mol. The molecular formula is C5H3F2N4. The molecule has 0 aliphatic rings. The lowest BCUT2D eigenvalue weighted by atomic mass is 10.3. The number of nitriles is 1. The molecule has 0 spiro atoms. The highest BCUT2D eigenvalue weighted by atomic mass is 19.3. The maximum absolute atomic E-state index is 11.7. The van der Waals surface area contributed by atoms with E-state index < -0.39 is 6.43 Å². The molecule has 0 amide bonds. The summed E-state index contributed by atoms with van der Waals surface area (Å²) in [6.07, 6.45) is -2.06. The minimum atomic E-state index is -2.62. The van der Waals surface area contributed by atoms with Crippen LogP contribution in [-0.4, -0.2) is 21.8 Å². The number of nitrogens with zero attached hydrogens (tertiary/aromatic N) is 3. The molecule has 1 heterocycles. The molecule has 4 nitrogen and oxygen atoms in total. The topological polar surface area (TPSA) is 65.4 Å². The molecule has 6 heteroatoms. The van der Waals surface area contributed by atoms with Crippen LogP contribution in [0.25, 0.3) is 0 Å². The van der Waals surface area contributed by atoms with Crippen LogP contribution in [0.2, 0.25) is 0 Å². The van der Waals surface area contributed by atoms with Gasteiger partial charge in [-0.15, -0.1) is 5.10 Å². The highest BCUT2D eigenvalue weighted by molar-refractivity contribution is 5.29. The van der Waals surface area contributed by atoms with Gasteiger partial charge < -0.3 is 0 Å². The van der Waals surface area contributed by atoms with Crippen LogP contribution in [-0.2, 0) is 0 Å². The fourth-order valence-electron chi connectivity index (χ4n) is 0.554. The summed E-state index contributed by atoms with van der Waals surface area (Å²) in [5.74, 6) is 0. The number of alkyl halides is 2. The predicted molar refractivity (Wildman–Crippen MR) is 30.5 cm³/mol. The van der Waals surface area contributed by atoms with Crippen molar-refractivity contribution in [3.8, 4) is 6.07 Å². The zero-order chi connectivity index (χ0) is 8.27. The standard InChI is InChI=1S/C5H3F2N4/c6-5(7)1-3-4(2-8)10-11-9-3/h1,5H,(H,9,10,11). The average Bonchev–Trinajstić information content (AvgIpc) is 2.34. The van der Waals surface area contributed by atoms with Crippen LogP contribution < -0.4 is 0 Å². The molecule has 1 rings (SSSR count). The Balaban J connectivity index is 2.79. The van der Waals surface area contributed by atoms with Gasteiger partial charge in [-0.1, -0.05) is 5.21 Å². The summed E-state index contributed by atoms with van der Waals surface area (Å²) in [5.41, 5.74) is -0.159. The Kier molecular flexibility index (Phi) is 2.11. The van der Waals surface area contributed by atoms with E-state index in [2.05, 4.69) is 15.4 Å². The van der Waals surface area contributed by atoms with Crippen LogP contribution in [0.4, 0.5) is 8.78 Å². The third-order valence-electron chi connectivity index (χ3n) is 0.971. The third kappa shape index (κ3) is 1.70. The summed E-state index contributed by atoms with van der Waals surface area (Å²) >= 11 is 0. The summed E-state index contributed by atoms with van der Waals surface area (Å²) in [5, 5.41) is 16.9. The zero-order valence-corrected chi connectivity index (χ0v) is 5.25. The molecule has 0 saturated carbocycles. The molecule has 0 unspecified atom stereocenters. The van der Waals surface area contributed by atoms with Crippen molar-refractivity contribution in [3.63, 3.8) is 0 Å². The van der Waals surface area contributed by atoms with Gasteiger partial charge in [0.1, 0.15) is 11.8 Å². The van der Waals surface area contributed by atoms with E-state index in [1.807, 2.05) is 0 Å². The highest BCUT2D eigenvalue weighted by Crippen LogP contribution is 2.08. The number of hydrogen-bond acceptors (Lipinski definition) is 3. The highest BCUT2D eigenvalue weighted by Gasteiger charge is 2.12. The van der Waals surface area contributed by atoms with Crippen LogP contribution >= 0.6 is 0 Å². The number of H-pyrrole nitrogens is 1. The first kappa shape index (κ1) is 7.60. The number of halogens is 2. The molecule has 0 atom stereocenters. The van der Waals surface area contributed by atoms with Crippen molar-refractivity contribution >= 4 is 0 Å². The first-order chi connectivity index (χ1) is 5.24. The molecule has 1 aromatic rings. The van der Waals surface area contributed by atoms with Gasteiger partial charge in [-0.05, 0) is 0 Å². The monoisotopic (exact) mass is 157 g/mol. The number of aromatic amines is 1. The smallest absolute Gasteiger partial charge is 0.247 e. The molecular weight excluding hydrogens is 154 g/mol. The Morgan fingerprint density at radius 3 is 2.91 bits per heavy atom. The van der Waals surface area contributed by atoms with E-state index in [1.54, 1.807) is 6.07 Å². The zero-order valence-electron chi connectivity index (χ0n) is 5.25. The lowest BCUT2D eigenvalue weighted by molar-refractivity contribution is 0.188. The second kappa shape index (κ2) is 3.05. The Labute approximate surface area is 60.8 Å². The van der Waals surface area contributed by atoms with Gasteiger partial charge in [0.15, 0.2) is 5.69 Å². The van der Waals surface area contributed by atoms with Gasteiger partial charge in [0.2, 0.25) is 6.43 Å². The minimum absolute atomic E-state index is 0.0506. The van der Waals surface area contributed by atoms with E-state index in [9.17, 15) is 8.78 Å². The van der Waals surface area contributed by atoms with Gasteiger partial charge in [-0.25, -0.2) is 13.9 Å². The summed E-state index contributed by atoms with van der Waals surface area (Å²) < 4.78 is 23.3. The van der Waals surface area contributed by atoms with E-state index in [0.717, 1.165) is 0 Å². The van der Waals surface area contributed by atoms with Gasteiger partial charge in [0, 0.05) is 0 Å². The molecule has 0 fully saturated rings. The lowest BCUT2D eigenvalue weighted by Gasteiger charge is -1.91. The van der Waals surface area contributed by atoms with Crippen LogP contribution in [0.5, 0.6) is 0 Å². The van der Waals surface area contributed by atoms with E-state index in [1.165, 1.54) is 0 Å². The van der Waals surface area contributed by atoms with Crippen molar-refractivity contribution in [2.45, 2.75) is 6.43 Å². The van der Waals surface area contributed by atoms with E-state index >= 15 is 0 Å². The first-order valence-corrected chi connectivity index (χ1v) is 2.68. The third-order valence-corrected chi connectivity index (χ3v) is 0.971. The number of nitrogens with one attached hydrogen (secondary N) is 1. The Hall–Kier alpha value is -1.51. The van der Waals surface area contributed by atoms with Crippen LogP contribution in [0.3, 0.4) is 0 Å². The van der Waals surface area contributed by atoms with Crippen molar-refractivity contribution in [3.05, 3.63) is 17.8 Å². The summed E-state index contributed by atoms with van der Waals surface area (Å²) in [6, 6.07) is 1.64. The molecule has 57 valence electrons. The second-order valence-electron chi connectivity index (χ2n) is 1.68. The molecule has 0 aromatic carbocycles. The van der Waals surface area contributed by atoms with Crippen LogP contribution in [0, 0.1) is 17.8 Å². The Morgan fingerprint density at radius 1 is 1.64 bits per heavy atom. The molecule has 0 aliphatic heterocycles. The molecule has 0 bridgehead atoms. The lowest BCUT2D eigenvalue weighted by Crippen LogP contribution is -1.95. The van der Waals surface area contributed by atoms with Gasteiger partial charge in [-0.2, -0.15) is 5.26 Å². The van der Waals surface area contributed by atoms with Gasteiger partial charge in [0.25, 0.3) is 0 Å². The van der Waals surface area contributed by atoms with Crippen molar-refractivity contribution < 1.29 is 8.78 Å². The largest absolute Gasteiger partial charge is 0.247 e. The molecule has 0 aliphatic carbocycles. The number of rotatable bonds is 2. The molecule has 1 radical (unpaired) electrons. The normalized spacial score (nSPS) is 10.0. The quantitative estimate of drug-likeness (QED) is 0.679. The van der Waals surface area contributed by atoms with Crippen molar-refractivity contribution in [1.29, 1.82) is 5.26 Å². The SMILES string of the molecule is N#Cc1[nH]nnc1[CH]C(F)F. The summed E-state index contributed by atoms with van der Waals surface area (Å²) in [4.78, 5) is 0. The second-order valence-corrected chi connectivity index (χ2v) is 1.68. The Morgan fingerprint density at radius 2 is 2.36 bits per heavy atom. The number of aromatic nitrogens is 3. The Bertz CT molecular complexity index is 274. The van der Waals surface area contributed by atoms with Crippen molar-refractivity contribution in [1.82, 2.24) is 15.4 Å². The molecule has 1 N–H and O–H groups in total. The molecule has 11 heavy (non-hydrogen) atoms. The van der Waals surface area contributed by atoms with Crippen LogP contribution in [0.15, 0.2) is 0 Å². The van der Waals surface area contributed by atoms with Crippen molar-refractivity contribution in [2.24, 2.45) is 0 Å². The maximum atomic E-state index is 11.7. The van der Waals surface area contributed by atoms with Crippen LogP contribution in [0.1, 0.15) is 11.4 Å². The van der Waals surface area contributed by atoms with Gasteiger partial charge in [-0.3, -0.25) is 0 Å². The number of hydrogen-bond donors (Lipinski definition) is 1. The van der Waals surface area contributed by atoms with Gasteiger partial charge in [0.05, 0.1) is 6.42 Å². The van der Waals surface area contributed by atoms with E-state index in [0.29, 0.717) is 6.42 Å². The molecule has 0 saturated heterocycles. The maximum Gasteiger partial charge on any atom is 0.247 e. The fraction of sp³-hybridized carbons (Fsp3) is 0.200. The first-order valence-electron chi connectivity index (χ1n) is 2.68. The molecule has 1 aromatic heterocycles. The van der Waals surface area contributed by atoms with E-state index in [4.69, 9.17) is 5.26 Å². The van der Waals surface area contributed by atoms with E-state index in [-0.39, 0.29) is 11.4 Å². The predicted octanol–water partition coefficient (Wildman–Crippen LogP) is 0.494. The summed E-state index contributed by atoms with van der Waals surface area (Å²) in [7, 11) is 0. The van der Waals surface area contributed by atoms with Gasteiger partial charge >= 0.3 is 0 Å². The fourth-order valence-corrected chi connectivity index (χ4v) is 0.554. The minimum Gasteiger partial charge on any atom is -0.247 e. The van der Waals surface area contributed by atoms with Crippen molar-refractivity contribution in [2.75, 3.05) is 0 Å². The summed E-state index contributed by atoms with van der Waals surface area (Å²) in [6.45, 7) is 0.